The number of rotatable bonds is 1. The zero-order valence-electron chi connectivity index (χ0n) is 7.75. The Morgan fingerprint density at radius 1 is 1.33 bits per heavy atom. The summed E-state index contributed by atoms with van der Waals surface area (Å²) in [7, 11) is -5.02. The number of fused-ring (bicyclic) bond motifs is 1. The molecular formula is C8H9BO5S. The van der Waals surface area contributed by atoms with Crippen molar-refractivity contribution < 1.29 is 23.2 Å². The van der Waals surface area contributed by atoms with Crippen LogP contribution in [0.15, 0.2) is 23.1 Å². The number of sulfone groups is 1. The summed E-state index contributed by atoms with van der Waals surface area (Å²) in [4.78, 5) is 0.0272. The highest BCUT2D eigenvalue weighted by Crippen LogP contribution is 2.27. The average Bonchev–Trinajstić information content (AvgIpc) is 2.17. The topological polar surface area (TPSA) is 83.8 Å². The fourth-order valence-electron chi connectivity index (χ4n) is 1.42. The van der Waals surface area contributed by atoms with Gasteiger partial charge < -0.3 is 14.8 Å². The quantitative estimate of drug-likeness (QED) is 0.573. The van der Waals surface area contributed by atoms with Gasteiger partial charge >= 0.3 is 7.12 Å². The first-order valence-electron chi connectivity index (χ1n) is 4.36. The second-order valence-corrected chi connectivity index (χ2v) is 5.32. The Morgan fingerprint density at radius 2 is 2.07 bits per heavy atom. The number of ether oxygens (including phenoxy) is 1. The minimum Gasteiger partial charge on any atom is -0.491 e. The zero-order valence-corrected chi connectivity index (χ0v) is 8.57. The van der Waals surface area contributed by atoms with E-state index in [2.05, 4.69) is 0 Å². The van der Waals surface area contributed by atoms with Crippen molar-refractivity contribution in [2.75, 3.05) is 12.4 Å². The number of hydrogen-bond donors (Lipinski definition) is 2. The Morgan fingerprint density at radius 3 is 2.73 bits per heavy atom. The SMILES string of the molecule is O=S1(=O)CCOc2ccc(B(O)O)cc21. The molecule has 0 atom stereocenters. The Kier molecular flexibility index (Phi) is 2.45. The van der Waals surface area contributed by atoms with E-state index in [-0.39, 0.29) is 28.5 Å². The van der Waals surface area contributed by atoms with Crippen molar-refractivity contribution in [3.05, 3.63) is 18.2 Å². The van der Waals surface area contributed by atoms with Crippen LogP contribution in [0.5, 0.6) is 5.75 Å². The van der Waals surface area contributed by atoms with Gasteiger partial charge in [0.05, 0.1) is 5.75 Å². The van der Waals surface area contributed by atoms with Crippen LogP contribution in [0.2, 0.25) is 0 Å². The van der Waals surface area contributed by atoms with Gasteiger partial charge in [-0.15, -0.1) is 0 Å². The molecule has 0 saturated heterocycles. The van der Waals surface area contributed by atoms with Gasteiger partial charge in [-0.25, -0.2) is 8.42 Å². The summed E-state index contributed by atoms with van der Waals surface area (Å²) in [5.74, 6) is 0.191. The average molecular weight is 228 g/mol. The molecule has 15 heavy (non-hydrogen) atoms. The van der Waals surface area contributed by atoms with Crippen molar-refractivity contribution in [2.24, 2.45) is 0 Å². The van der Waals surface area contributed by atoms with Crippen molar-refractivity contribution in [1.29, 1.82) is 0 Å². The fourth-order valence-corrected chi connectivity index (χ4v) is 2.69. The van der Waals surface area contributed by atoms with Crippen LogP contribution in [-0.4, -0.2) is 37.9 Å². The van der Waals surface area contributed by atoms with Gasteiger partial charge in [-0.05, 0) is 17.6 Å². The maximum Gasteiger partial charge on any atom is 0.488 e. The minimum absolute atomic E-state index is 0.0272. The molecule has 1 aromatic carbocycles. The lowest BCUT2D eigenvalue weighted by atomic mass is 9.80. The van der Waals surface area contributed by atoms with E-state index in [0.717, 1.165) is 0 Å². The monoisotopic (exact) mass is 228 g/mol. The Hall–Kier alpha value is -1.05. The molecule has 0 saturated carbocycles. The molecule has 0 aromatic heterocycles. The highest BCUT2D eigenvalue weighted by molar-refractivity contribution is 7.91. The third kappa shape index (κ3) is 1.85. The van der Waals surface area contributed by atoms with Gasteiger partial charge in [0.15, 0.2) is 9.84 Å². The van der Waals surface area contributed by atoms with E-state index >= 15 is 0 Å². The van der Waals surface area contributed by atoms with E-state index in [1.54, 1.807) is 0 Å². The second-order valence-electron chi connectivity index (χ2n) is 3.25. The molecule has 0 bridgehead atoms. The molecule has 0 amide bonds. The van der Waals surface area contributed by atoms with Crippen molar-refractivity contribution in [3.8, 4) is 5.75 Å². The van der Waals surface area contributed by atoms with E-state index in [1.807, 2.05) is 0 Å². The maximum atomic E-state index is 11.6. The van der Waals surface area contributed by atoms with Crippen molar-refractivity contribution in [3.63, 3.8) is 0 Å². The molecule has 0 fully saturated rings. The largest absolute Gasteiger partial charge is 0.491 e. The molecule has 1 aliphatic heterocycles. The van der Waals surface area contributed by atoms with E-state index in [4.69, 9.17) is 14.8 Å². The lowest BCUT2D eigenvalue weighted by Gasteiger charge is -2.18. The molecule has 1 aromatic rings. The standard InChI is InChI=1S/C8H9BO5S/c10-9(11)6-1-2-7-8(5-6)15(12,13)4-3-14-7/h1-2,5,10-11H,3-4H2. The molecule has 0 spiro atoms. The van der Waals surface area contributed by atoms with E-state index < -0.39 is 17.0 Å². The van der Waals surface area contributed by atoms with Gasteiger partial charge in [0.1, 0.15) is 17.3 Å². The number of hydrogen-bond acceptors (Lipinski definition) is 5. The van der Waals surface area contributed by atoms with Gasteiger partial charge in [-0.2, -0.15) is 0 Å². The van der Waals surface area contributed by atoms with E-state index in [9.17, 15) is 8.42 Å². The van der Waals surface area contributed by atoms with Gasteiger partial charge in [0.2, 0.25) is 0 Å². The third-order valence-corrected chi connectivity index (χ3v) is 3.90. The Bertz CT molecular complexity index is 482. The smallest absolute Gasteiger partial charge is 0.488 e. The molecule has 80 valence electrons. The first-order chi connectivity index (χ1) is 7.00. The van der Waals surface area contributed by atoms with Crippen LogP contribution in [-0.2, 0) is 9.84 Å². The van der Waals surface area contributed by atoms with Crippen LogP contribution in [0.3, 0.4) is 0 Å². The van der Waals surface area contributed by atoms with Gasteiger partial charge in [0, 0.05) is 0 Å². The summed E-state index contributed by atoms with van der Waals surface area (Å²) >= 11 is 0. The van der Waals surface area contributed by atoms with Gasteiger partial charge in [0.25, 0.3) is 0 Å². The summed E-state index contributed by atoms with van der Waals surface area (Å²) in [5, 5.41) is 17.8. The van der Waals surface area contributed by atoms with Gasteiger partial charge in [-0.1, -0.05) is 6.07 Å². The van der Waals surface area contributed by atoms with Crippen molar-refractivity contribution in [1.82, 2.24) is 0 Å². The van der Waals surface area contributed by atoms with Crippen LogP contribution < -0.4 is 10.2 Å². The Labute approximate surface area is 87.4 Å². The van der Waals surface area contributed by atoms with Crippen LogP contribution in [0.1, 0.15) is 0 Å². The van der Waals surface area contributed by atoms with Gasteiger partial charge in [-0.3, -0.25) is 0 Å². The number of benzene rings is 1. The summed E-state index contributed by atoms with van der Waals surface area (Å²) in [5.41, 5.74) is 0.142. The summed E-state index contributed by atoms with van der Waals surface area (Å²) in [6.07, 6.45) is 0. The molecule has 2 rings (SSSR count). The summed E-state index contributed by atoms with van der Waals surface area (Å²) in [6, 6.07) is 4.08. The third-order valence-electron chi connectivity index (χ3n) is 2.21. The predicted molar refractivity (Wildman–Crippen MR) is 53.8 cm³/mol. The Balaban J connectivity index is 2.59. The highest BCUT2D eigenvalue weighted by atomic mass is 32.2. The highest BCUT2D eigenvalue weighted by Gasteiger charge is 2.26. The molecule has 2 N–H and O–H groups in total. The van der Waals surface area contributed by atoms with Crippen LogP contribution in [0.4, 0.5) is 0 Å². The van der Waals surface area contributed by atoms with Crippen LogP contribution in [0, 0.1) is 0 Å². The normalized spacial score (nSPS) is 17.7. The lowest BCUT2D eigenvalue weighted by molar-refractivity contribution is 0.322. The van der Waals surface area contributed by atoms with Crippen molar-refractivity contribution >= 4 is 22.4 Å². The molecule has 7 heteroatoms. The molecule has 1 heterocycles. The summed E-state index contributed by atoms with van der Waals surface area (Å²) in [6.45, 7) is 0.135. The molecule has 0 aliphatic carbocycles. The van der Waals surface area contributed by atoms with Crippen molar-refractivity contribution in [2.45, 2.75) is 4.90 Å². The fraction of sp³-hybridized carbons (Fsp3) is 0.250. The first kappa shape index (κ1) is 10.5. The molecule has 0 radical (unpaired) electrons. The zero-order chi connectivity index (χ0) is 11.1. The maximum absolute atomic E-state index is 11.6. The molecule has 5 nitrogen and oxygen atoms in total. The van der Waals surface area contributed by atoms with Crippen LogP contribution >= 0.6 is 0 Å². The lowest BCUT2D eigenvalue weighted by Crippen LogP contribution is -2.32. The summed E-state index contributed by atoms with van der Waals surface area (Å²) < 4.78 is 28.4. The molecule has 1 aliphatic rings. The first-order valence-corrected chi connectivity index (χ1v) is 6.01. The van der Waals surface area contributed by atoms with E-state index in [0.29, 0.717) is 0 Å². The van der Waals surface area contributed by atoms with Crippen LogP contribution in [0.25, 0.3) is 0 Å². The molecule has 0 unspecified atom stereocenters. The predicted octanol–water partition coefficient (Wildman–Crippen LogP) is -1.47. The van der Waals surface area contributed by atoms with E-state index in [1.165, 1.54) is 18.2 Å². The molecular weight excluding hydrogens is 219 g/mol. The second kappa shape index (κ2) is 3.51. The minimum atomic E-state index is -3.35.